The van der Waals surface area contributed by atoms with Crippen LogP contribution in [0.5, 0.6) is 0 Å². The van der Waals surface area contributed by atoms with E-state index in [0.717, 1.165) is 6.42 Å². The second kappa shape index (κ2) is 8.39. The van der Waals surface area contributed by atoms with E-state index in [0.29, 0.717) is 36.0 Å². The van der Waals surface area contributed by atoms with Crippen LogP contribution in [0.3, 0.4) is 0 Å². The molecule has 158 valence electrons. The van der Waals surface area contributed by atoms with Gasteiger partial charge in [-0.05, 0) is 31.5 Å². The standard InChI is InChI=1S/C22H21N5O4/c1-2-27-22(31)15-9-4-3-8-14(15)19(25-27)21(30)24-23-20(29)16-10-5-6-11-17(16)26-13-7-12-18(26)28/h3-6,8-11H,2,7,12-13H2,1H3,(H,23,29)(H,24,30). The number of aryl methyl sites for hydroxylation is 1. The average molecular weight is 419 g/mol. The molecule has 1 fully saturated rings. The normalized spacial score (nSPS) is 13.5. The third-order valence-corrected chi connectivity index (χ3v) is 5.18. The molecule has 2 heterocycles. The molecular formula is C22H21N5O4. The van der Waals surface area contributed by atoms with Crippen LogP contribution in [0.4, 0.5) is 5.69 Å². The minimum absolute atomic E-state index is 0.0281. The number of aromatic nitrogens is 2. The van der Waals surface area contributed by atoms with Crippen molar-refractivity contribution in [1.82, 2.24) is 20.6 Å². The molecule has 9 nitrogen and oxygen atoms in total. The van der Waals surface area contributed by atoms with Gasteiger partial charge in [0.2, 0.25) is 5.91 Å². The van der Waals surface area contributed by atoms with Gasteiger partial charge >= 0.3 is 0 Å². The van der Waals surface area contributed by atoms with E-state index in [2.05, 4.69) is 16.0 Å². The van der Waals surface area contributed by atoms with Gasteiger partial charge in [0.05, 0.1) is 16.6 Å². The fourth-order valence-corrected chi connectivity index (χ4v) is 3.66. The molecule has 0 bridgehead atoms. The van der Waals surface area contributed by atoms with Gasteiger partial charge in [-0.2, -0.15) is 5.10 Å². The largest absolute Gasteiger partial charge is 0.312 e. The Balaban J connectivity index is 1.58. The van der Waals surface area contributed by atoms with Crippen molar-refractivity contribution in [2.45, 2.75) is 26.3 Å². The summed E-state index contributed by atoms with van der Waals surface area (Å²) in [6, 6.07) is 13.4. The fourth-order valence-electron chi connectivity index (χ4n) is 3.66. The Bertz CT molecular complexity index is 1250. The van der Waals surface area contributed by atoms with Crippen LogP contribution < -0.4 is 21.3 Å². The van der Waals surface area contributed by atoms with Crippen molar-refractivity contribution in [3.8, 4) is 0 Å². The van der Waals surface area contributed by atoms with Crippen LogP contribution in [-0.4, -0.2) is 34.0 Å². The molecule has 0 saturated carbocycles. The Hall–Kier alpha value is -4.01. The van der Waals surface area contributed by atoms with Crippen molar-refractivity contribution < 1.29 is 14.4 Å². The highest BCUT2D eigenvalue weighted by Crippen LogP contribution is 2.25. The first-order valence-electron chi connectivity index (χ1n) is 10.0. The number of anilines is 1. The van der Waals surface area contributed by atoms with Crippen molar-refractivity contribution in [3.63, 3.8) is 0 Å². The Labute approximate surface area is 177 Å². The van der Waals surface area contributed by atoms with Crippen LogP contribution in [0.25, 0.3) is 10.8 Å². The van der Waals surface area contributed by atoms with Crippen molar-refractivity contribution in [2.75, 3.05) is 11.4 Å². The summed E-state index contributed by atoms with van der Waals surface area (Å²) in [5.74, 6) is -1.25. The average Bonchev–Trinajstić information content (AvgIpc) is 3.23. The Morgan fingerprint density at radius 2 is 1.65 bits per heavy atom. The van der Waals surface area contributed by atoms with Gasteiger partial charge in [-0.15, -0.1) is 0 Å². The summed E-state index contributed by atoms with van der Waals surface area (Å²) < 4.78 is 1.20. The number of hydrogen-bond donors (Lipinski definition) is 2. The first-order chi connectivity index (χ1) is 15.0. The highest BCUT2D eigenvalue weighted by atomic mass is 16.2. The van der Waals surface area contributed by atoms with Crippen molar-refractivity contribution in [1.29, 1.82) is 0 Å². The third kappa shape index (κ3) is 3.77. The molecule has 0 radical (unpaired) electrons. The zero-order valence-corrected chi connectivity index (χ0v) is 16.9. The maximum atomic E-state index is 12.8. The van der Waals surface area contributed by atoms with E-state index >= 15 is 0 Å². The van der Waals surface area contributed by atoms with Gasteiger partial charge in [-0.3, -0.25) is 30.0 Å². The van der Waals surface area contributed by atoms with Crippen LogP contribution in [0, 0.1) is 0 Å². The number of carbonyl (C=O) groups is 3. The highest BCUT2D eigenvalue weighted by molar-refractivity contribution is 6.08. The number of para-hydroxylation sites is 1. The van der Waals surface area contributed by atoms with E-state index in [9.17, 15) is 19.2 Å². The van der Waals surface area contributed by atoms with Crippen LogP contribution in [-0.2, 0) is 11.3 Å². The zero-order chi connectivity index (χ0) is 22.0. The monoisotopic (exact) mass is 419 g/mol. The lowest BCUT2D eigenvalue weighted by atomic mass is 10.1. The molecular weight excluding hydrogens is 398 g/mol. The van der Waals surface area contributed by atoms with Gasteiger partial charge in [0.15, 0.2) is 5.69 Å². The van der Waals surface area contributed by atoms with E-state index in [1.807, 2.05) is 0 Å². The van der Waals surface area contributed by atoms with Crippen molar-refractivity contribution in [3.05, 3.63) is 70.1 Å². The number of hydrogen-bond acceptors (Lipinski definition) is 5. The van der Waals surface area contributed by atoms with Gasteiger partial charge in [0.1, 0.15) is 0 Å². The van der Waals surface area contributed by atoms with Gasteiger partial charge in [-0.25, -0.2) is 4.68 Å². The summed E-state index contributed by atoms with van der Waals surface area (Å²) in [6.07, 6.45) is 1.18. The highest BCUT2D eigenvalue weighted by Gasteiger charge is 2.26. The molecule has 31 heavy (non-hydrogen) atoms. The smallest absolute Gasteiger partial charge is 0.290 e. The Kier molecular flexibility index (Phi) is 5.48. The van der Waals surface area contributed by atoms with E-state index in [-0.39, 0.29) is 22.7 Å². The fraction of sp³-hybridized carbons (Fsp3) is 0.227. The summed E-state index contributed by atoms with van der Waals surface area (Å²) in [7, 11) is 0. The number of nitrogens with one attached hydrogen (secondary N) is 2. The SMILES string of the molecule is CCn1nc(C(=O)NNC(=O)c2ccccc2N2CCCC2=O)c2ccccc2c1=O. The first kappa shape index (κ1) is 20.3. The van der Waals surface area contributed by atoms with E-state index in [1.54, 1.807) is 60.4 Å². The quantitative estimate of drug-likeness (QED) is 0.624. The molecule has 2 aromatic carbocycles. The number of nitrogens with zero attached hydrogens (tertiary/aromatic N) is 3. The lowest BCUT2D eigenvalue weighted by Gasteiger charge is -2.19. The number of rotatable bonds is 4. The number of fused-ring (bicyclic) bond motifs is 1. The van der Waals surface area contributed by atoms with E-state index in [1.165, 1.54) is 4.68 Å². The summed E-state index contributed by atoms with van der Waals surface area (Å²) in [5.41, 5.74) is 5.27. The number of amides is 3. The minimum Gasteiger partial charge on any atom is -0.312 e. The van der Waals surface area contributed by atoms with E-state index in [4.69, 9.17) is 0 Å². The molecule has 4 rings (SSSR count). The molecule has 1 aromatic heterocycles. The van der Waals surface area contributed by atoms with Gasteiger partial charge < -0.3 is 4.90 Å². The summed E-state index contributed by atoms with van der Waals surface area (Å²) in [4.78, 5) is 51.7. The third-order valence-electron chi connectivity index (χ3n) is 5.18. The number of hydrazine groups is 1. The lowest BCUT2D eigenvalue weighted by molar-refractivity contribution is -0.117. The first-order valence-corrected chi connectivity index (χ1v) is 10.0. The maximum absolute atomic E-state index is 12.8. The summed E-state index contributed by atoms with van der Waals surface area (Å²) in [5, 5.41) is 4.91. The van der Waals surface area contributed by atoms with Crippen LogP contribution in [0.1, 0.15) is 40.6 Å². The second-order valence-corrected chi connectivity index (χ2v) is 7.09. The summed E-state index contributed by atoms with van der Waals surface area (Å²) >= 11 is 0. The molecule has 0 aliphatic carbocycles. The van der Waals surface area contributed by atoms with Gasteiger partial charge in [0, 0.05) is 24.9 Å². The number of benzene rings is 2. The molecule has 1 aliphatic heterocycles. The number of carbonyl (C=O) groups excluding carboxylic acids is 3. The molecule has 2 N–H and O–H groups in total. The van der Waals surface area contributed by atoms with E-state index < -0.39 is 11.8 Å². The Morgan fingerprint density at radius 1 is 0.968 bits per heavy atom. The molecule has 1 aliphatic rings. The predicted octanol–water partition coefficient (Wildman–Crippen LogP) is 1.62. The molecule has 9 heteroatoms. The predicted molar refractivity (Wildman–Crippen MR) is 115 cm³/mol. The topological polar surface area (TPSA) is 113 Å². The molecule has 0 atom stereocenters. The second-order valence-electron chi connectivity index (χ2n) is 7.09. The van der Waals surface area contributed by atoms with Gasteiger partial charge in [-0.1, -0.05) is 30.3 Å². The molecule has 3 amide bonds. The van der Waals surface area contributed by atoms with Crippen LogP contribution in [0.2, 0.25) is 0 Å². The maximum Gasteiger partial charge on any atom is 0.290 e. The Morgan fingerprint density at radius 3 is 2.35 bits per heavy atom. The zero-order valence-electron chi connectivity index (χ0n) is 16.9. The lowest BCUT2D eigenvalue weighted by Crippen LogP contribution is -2.43. The molecule has 3 aromatic rings. The molecule has 1 saturated heterocycles. The summed E-state index contributed by atoms with van der Waals surface area (Å²) in [6.45, 7) is 2.60. The minimum atomic E-state index is -0.651. The molecule has 0 unspecified atom stereocenters. The van der Waals surface area contributed by atoms with Crippen molar-refractivity contribution >= 4 is 34.2 Å². The van der Waals surface area contributed by atoms with Gasteiger partial charge in [0.25, 0.3) is 17.4 Å². The van der Waals surface area contributed by atoms with Crippen LogP contribution >= 0.6 is 0 Å². The molecule has 0 spiro atoms. The van der Waals surface area contributed by atoms with Crippen molar-refractivity contribution in [2.24, 2.45) is 0 Å². The van der Waals surface area contributed by atoms with Crippen LogP contribution in [0.15, 0.2) is 53.3 Å².